The van der Waals surface area contributed by atoms with E-state index < -0.39 is 0 Å². The molecule has 0 amide bonds. The molecule has 4 heteroatoms. The van der Waals surface area contributed by atoms with Gasteiger partial charge in [0.25, 0.3) is 0 Å². The molecule has 0 bridgehead atoms. The normalized spacial score (nSPS) is 10.3. The summed E-state index contributed by atoms with van der Waals surface area (Å²) in [6, 6.07) is 12.9. The van der Waals surface area contributed by atoms with Crippen molar-refractivity contribution < 1.29 is 4.42 Å². The van der Waals surface area contributed by atoms with Crippen LogP contribution in [-0.2, 0) is 0 Å². The van der Waals surface area contributed by atoms with E-state index in [-0.39, 0.29) is 0 Å². The van der Waals surface area contributed by atoms with Gasteiger partial charge in [-0.05, 0) is 24.3 Å². The van der Waals surface area contributed by atoms with E-state index in [0.717, 1.165) is 0 Å². The molecule has 2 aromatic heterocycles. The highest BCUT2D eigenvalue weighted by Crippen LogP contribution is 2.25. The van der Waals surface area contributed by atoms with Crippen LogP contribution in [0.1, 0.15) is 5.56 Å². The minimum atomic E-state index is 0.427. The summed E-state index contributed by atoms with van der Waals surface area (Å²) in [6.45, 7) is 0. The molecule has 2 heterocycles. The van der Waals surface area contributed by atoms with Gasteiger partial charge in [-0.1, -0.05) is 12.1 Å². The first-order chi connectivity index (χ1) is 8.38. The lowest BCUT2D eigenvalue weighted by Crippen LogP contribution is -1.83. The van der Waals surface area contributed by atoms with Gasteiger partial charge in [0, 0.05) is 6.20 Å². The van der Waals surface area contributed by atoms with Crippen molar-refractivity contribution in [3.05, 3.63) is 48.2 Å². The second-order valence-corrected chi connectivity index (χ2v) is 3.50. The maximum atomic E-state index is 9.02. The summed E-state index contributed by atoms with van der Waals surface area (Å²) in [5, 5.41) is 9.02. The lowest BCUT2D eigenvalue weighted by atomic mass is 10.1. The van der Waals surface area contributed by atoms with E-state index in [0.29, 0.717) is 28.2 Å². The largest absolute Gasteiger partial charge is 0.434 e. The topological polar surface area (TPSA) is 62.7 Å². The van der Waals surface area contributed by atoms with Crippen LogP contribution in [0.15, 0.2) is 47.0 Å². The molecule has 17 heavy (non-hydrogen) atoms. The van der Waals surface area contributed by atoms with E-state index in [1.165, 1.54) is 0 Å². The number of nitriles is 1. The number of hydrogen-bond acceptors (Lipinski definition) is 4. The average Bonchev–Trinajstić information content (AvgIpc) is 2.82. The molecule has 0 atom stereocenters. The number of oxazole rings is 1. The minimum Gasteiger partial charge on any atom is -0.434 e. The van der Waals surface area contributed by atoms with Crippen LogP contribution < -0.4 is 0 Å². The lowest BCUT2D eigenvalue weighted by molar-refractivity contribution is 0.619. The summed E-state index contributed by atoms with van der Waals surface area (Å²) in [6.07, 6.45) is 1.66. The van der Waals surface area contributed by atoms with Gasteiger partial charge in [0.05, 0.1) is 17.2 Å². The van der Waals surface area contributed by atoms with Crippen molar-refractivity contribution in [2.75, 3.05) is 0 Å². The Kier molecular flexibility index (Phi) is 2.09. The number of nitrogens with zero attached hydrogens (tertiary/aromatic N) is 3. The van der Waals surface area contributed by atoms with Crippen LogP contribution in [0.3, 0.4) is 0 Å². The molecule has 0 aliphatic heterocycles. The summed E-state index contributed by atoms with van der Waals surface area (Å²) in [5.41, 5.74) is 2.40. The van der Waals surface area contributed by atoms with E-state index in [4.69, 9.17) is 9.68 Å². The van der Waals surface area contributed by atoms with Crippen molar-refractivity contribution in [3.63, 3.8) is 0 Å². The fourth-order valence-electron chi connectivity index (χ4n) is 1.65. The molecule has 0 fully saturated rings. The van der Waals surface area contributed by atoms with E-state index >= 15 is 0 Å². The summed E-state index contributed by atoms with van der Waals surface area (Å²) in [7, 11) is 0. The second-order valence-electron chi connectivity index (χ2n) is 3.50. The van der Waals surface area contributed by atoms with E-state index in [2.05, 4.69) is 16.0 Å². The van der Waals surface area contributed by atoms with Crippen molar-refractivity contribution in [1.29, 1.82) is 5.26 Å². The van der Waals surface area contributed by atoms with Gasteiger partial charge < -0.3 is 4.42 Å². The Morgan fingerprint density at radius 3 is 2.82 bits per heavy atom. The van der Waals surface area contributed by atoms with Crippen molar-refractivity contribution in [1.82, 2.24) is 9.97 Å². The second kappa shape index (κ2) is 3.72. The van der Waals surface area contributed by atoms with Gasteiger partial charge in [0.1, 0.15) is 0 Å². The number of pyridine rings is 1. The molecule has 3 aromatic rings. The average molecular weight is 221 g/mol. The number of aromatic nitrogens is 2. The standard InChI is InChI=1S/C13H7N3O/c14-8-9-4-1-2-5-10(9)13-16-12-11(17-13)6-3-7-15-12/h1-7H. The maximum absolute atomic E-state index is 9.02. The Balaban J connectivity index is 2.25. The van der Waals surface area contributed by atoms with Gasteiger partial charge in [-0.3, -0.25) is 0 Å². The third kappa shape index (κ3) is 1.54. The highest BCUT2D eigenvalue weighted by atomic mass is 16.3. The van der Waals surface area contributed by atoms with Crippen LogP contribution in [0.2, 0.25) is 0 Å². The first-order valence-corrected chi connectivity index (χ1v) is 5.09. The Morgan fingerprint density at radius 1 is 1.12 bits per heavy atom. The van der Waals surface area contributed by atoms with Gasteiger partial charge in [-0.25, -0.2) is 4.98 Å². The predicted octanol–water partition coefficient (Wildman–Crippen LogP) is 2.76. The molecule has 3 rings (SSSR count). The predicted molar refractivity (Wildman–Crippen MR) is 62.0 cm³/mol. The molecule has 4 nitrogen and oxygen atoms in total. The van der Waals surface area contributed by atoms with E-state index in [1.54, 1.807) is 24.4 Å². The third-order valence-electron chi connectivity index (χ3n) is 2.44. The van der Waals surface area contributed by atoms with Crippen molar-refractivity contribution in [3.8, 4) is 17.5 Å². The zero-order valence-electron chi connectivity index (χ0n) is 8.79. The number of hydrogen-bond donors (Lipinski definition) is 0. The molecule has 0 aliphatic carbocycles. The highest BCUT2D eigenvalue weighted by molar-refractivity contribution is 5.73. The van der Waals surface area contributed by atoms with Crippen molar-refractivity contribution in [2.24, 2.45) is 0 Å². The molecule has 0 unspecified atom stereocenters. The Morgan fingerprint density at radius 2 is 2.00 bits per heavy atom. The number of fused-ring (bicyclic) bond motifs is 1. The molecule has 1 aromatic carbocycles. The lowest BCUT2D eigenvalue weighted by Gasteiger charge is -1.96. The van der Waals surface area contributed by atoms with Crippen LogP contribution in [0, 0.1) is 11.3 Å². The summed E-state index contributed by atoms with van der Waals surface area (Å²) < 4.78 is 5.57. The SMILES string of the molecule is N#Cc1ccccc1-c1nc2ncccc2o1. The van der Waals surface area contributed by atoms with Crippen LogP contribution >= 0.6 is 0 Å². The van der Waals surface area contributed by atoms with Crippen molar-refractivity contribution >= 4 is 11.2 Å². The molecule has 80 valence electrons. The molecular weight excluding hydrogens is 214 g/mol. The number of benzene rings is 1. The van der Waals surface area contributed by atoms with Gasteiger partial charge in [-0.15, -0.1) is 0 Å². The molecule has 0 saturated carbocycles. The van der Waals surface area contributed by atoms with Crippen LogP contribution in [0.5, 0.6) is 0 Å². The molecule has 0 radical (unpaired) electrons. The molecule has 0 saturated heterocycles. The quantitative estimate of drug-likeness (QED) is 0.633. The first kappa shape index (κ1) is 9.55. The number of rotatable bonds is 1. The van der Waals surface area contributed by atoms with Crippen molar-refractivity contribution in [2.45, 2.75) is 0 Å². The minimum absolute atomic E-state index is 0.427. The monoisotopic (exact) mass is 221 g/mol. The summed E-state index contributed by atoms with van der Waals surface area (Å²) >= 11 is 0. The van der Waals surface area contributed by atoms with Crippen LogP contribution in [0.25, 0.3) is 22.7 Å². The zero-order chi connectivity index (χ0) is 11.7. The molecule has 0 aliphatic rings. The molecule has 0 N–H and O–H groups in total. The molecule has 0 spiro atoms. The Hall–Kier alpha value is -2.67. The van der Waals surface area contributed by atoms with Gasteiger partial charge in [0.2, 0.25) is 5.89 Å². The van der Waals surface area contributed by atoms with Gasteiger partial charge >= 0.3 is 0 Å². The highest BCUT2D eigenvalue weighted by Gasteiger charge is 2.11. The molecular formula is C13H7N3O. The van der Waals surface area contributed by atoms with Gasteiger partial charge in [0.15, 0.2) is 11.2 Å². The fraction of sp³-hybridized carbons (Fsp3) is 0. The van der Waals surface area contributed by atoms with Crippen LogP contribution in [-0.4, -0.2) is 9.97 Å². The zero-order valence-corrected chi connectivity index (χ0v) is 8.79. The van der Waals surface area contributed by atoms with Crippen LogP contribution in [0.4, 0.5) is 0 Å². The smallest absolute Gasteiger partial charge is 0.230 e. The first-order valence-electron chi connectivity index (χ1n) is 5.09. The third-order valence-corrected chi connectivity index (χ3v) is 2.44. The Labute approximate surface area is 97.2 Å². The Bertz CT molecular complexity index is 692. The fourth-order valence-corrected chi connectivity index (χ4v) is 1.65. The maximum Gasteiger partial charge on any atom is 0.230 e. The summed E-state index contributed by atoms with van der Waals surface area (Å²) in [4.78, 5) is 8.36. The summed E-state index contributed by atoms with van der Waals surface area (Å²) in [5.74, 6) is 0.427. The van der Waals surface area contributed by atoms with E-state index in [9.17, 15) is 0 Å². The van der Waals surface area contributed by atoms with Gasteiger partial charge in [-0.2, -0.15) is 10.2 Å². The van der Waals surface area contributed by atoms with E-state index in [1.807, 2.05) is 18.2 Å².